The molecule has 0 aliphatic heterocycles. The van der Waals surface area contributed by atoms with Crippen molar-refractivity contribution < 1.29 is 13.9 Å². The molecule has 0 heterocycles. The highest BCUT2D eigenvalue weighted by Gasteiger charge is 2.13. The van der Waals surface area contributed by atoms with Gasteiger partial charge in [-0.2, -0.15) is 0 Å². The van der Waals surface area contributed by atoms with Gasteiger partial charge in [0.05, 0.1) is 17.7 Å². The lowest BCUT2D eigenvalue weighted by atomic mass is 10.1. The predicted molar refractivity (Wildman–Crippen MR) is 81.2 cm³/mol. The van der Waals surface area contributed by atoms with Gasteiger partial charge in [-0.3, -0.25) is 0 Å². The van der Waals surface area contributed by atoms with E-state index in [-0.39, 0.29) is 17.4 Å². The predicted octanol–water partition coefficient (Wildman–Crippen LogP) is 4.44. The molecule has 5 heteroatoms. The maximum absolute atomic E-state index is 13.2. The summed E-state index contributed by atoms with van der Waals surface area (Å²) in [4.78, 5) is 11.6. The number of hydrogen-bond donors (Lipinski definition) is 1. The maximum atomic E-state index is 13.2. The van der Waals surface area contributed by atoms with Crippen molar-refractivity contribution in [1.29, 1.82) is 0 Å². The number of carbonyl (C=O) groups is 1. The van der Waals surface area contributed by atoms with Gasteiger partial charge in [-0.1, -0.05) is 23.7 Å². The number of anilines is 1. The lowest BCUT2D eigenvalue weighted by molar-refractivity contribution is 0.0601. The number of carbonyl (C=O) groups excluding carboxylic acids is 1. The molecule has 3 nitrogen and oxygen atoms in total. The van der Waals surface area contributed by atoms with Crippen LogP contribution in [0.25, 0.3) is 0 Å². The first-order valence-corrected chi connectivity index (χ1v) is 6.79. The molecule has 2 aromatic rings. The molecule has 0 aliphatic rings. The smallest absolute Gasteiger partial charge is 0.339 e. The van der Waals surface area contributed by atoms with E-state index in [0.29, 0.717) is 10.7 Å². The highest BCUT2D eigenvalue weighted by molar-refractivity contribution is 6.33. The average Bonchev–Trinajstić information content (AvgIpc) is 2.48. The van der Waals surface area contributed by atoms with Crippen molar-refractivity contribution in [2.45, 2.75) is 13.0 Å². The van der Waals surface area contributed by atoms with Crippen molar-refractivity contribution in [3.05, 3.63) is 64.4 Å². The minimum atomic E-state index is -0.498. The first-order valence-electron chi connectivity index (χ1n) is 6.41. The van der Waals surface area contributed by atoms with Crippen LogP contribution in [0.3, 0.4) is 0 Å². The van der Waals surface area contributed by atoms with Crippen molar-refractivity contribution in [2.75, 3.05) is 12.4 Å². The highest BCUT2D eigenvalue weighted by atomic mass is 35.5. The summed E-state index contributed by atoms with van der Waals surface area (Å²) in [5.41, 5.74) is 1.80. The zero-order valence-corrected chi connectivity index (χ0v) is 12.4. The summed E-state index contributed by atoms with van der Waals surface area (Å²) >= 11 is 5.97. The second-order valence-corrected chi connectivity index (χ2v) is 5.01. The van der Waals surface area contributed by atoms with Gasteiger partial charge in [0, 0.05) is 11.7 Å². The van der Waals surface area contributed by atoms with Gasteiger partial charge in [0.15, 0.2) is 0 Å². The molecule has 0 bridgehead atoms. The maximum Gasteiger partial charge on any atom is 0.339 e. The van der Waals surface area contributed by atoms with Gasteiger partial charge < -0.3 is 10.1 Å². The van der Waals surface area contributed by atoms with Crippen LogP contribution in [0.2, 0.25) is 5.02 Å². The van der Waals surface area contributed by atoms with Crippen LogP contribution in [0.4, 0.5) is 10.1 Å². The van der Waals surface area contributed by atoms with E-state index in [1.54, 1.807) is 24.3 Å². The standard InChI is InChI=1S/C16H15ClFNO2/c1-10(11-4-3-5-12(18)8-11)19-13-6-7-15(17)14(9-13)16(20)21-2/h3-10,19H,1-2H3. The minimum absolute atomic E-state index is 0.118. The Labute approximate surface area is 127 Å². The molecule has 1 atom stereocenters. The molecule has 0 spiro atoms. The molecule has 0 fully saturated rings. The second kappa shape index (κ2) is 6.59. The van der Waals surface area contributed by atoms with Gasteiger partial charge >= 0.3 is 5.97 Å². The van der Waals surface area contributed by atoms with Crippen LogP contribution in [0.5, 0.6) is 0 Å². The molecule has 2 rings (SSSR count). The lowest BCUT2D eigenvalue weighted by Gasteiger charge is -2.16. The number of esters is 1. The van der Waals surface area contributed by atoms with Crippen molar-refractivity contribution in [3.8, 4) is 0 Å². The third-order valence-corrected chi connectivity index (χ3v) is 3.43. The number of nitrogens with one attached hydrogen (secondary N) is 1. The molecule has 0 amide bonds. The molecule has 0 aliphatic carbocycles. The van der Waals surface area contributed by atoms with Gasteiger partial charge in [0.25, 0.3) is 0 Å². The average molecular weight is 308 g/mol. The van der Waals surface area contributed by atoms with Crippen molar-refractivity contribution >= 4 is 23.3 Å². The Kier molecular flexibility index (Phi) is 4.81. The molecule has 0 saturated carbocycles. The fraction of sp³-hybridized carbons (Fsp3) is 0.188. The zero-order chi connectivity index (χ0) is 15.4. The van der Waals surface area contributed by atoms with Crippen molar-refractivity contribution in [1.82, 2.24) is 0 Å². The molecule has 1 N–H and O–H groups in total. The fourth-order valence-electron chi connectivity index (χ4n) is 1.99. The summed E-state index contributed by atoms with van der Waals surface area (Å²) in [6, 6.07) is 11.2. The third kappa shape index (κ3) is 3.73. The normalized spacial score (nSPS) is 11.8. The fourth-order valence-corrected chi connectivity index (χ4v) is 2.19. The Morgan fingerprint density at radius 1 is 1.29 bits per heavy atom. The number of ether oxygens (including phenoxy) is 1. The molecule has 0 aromatic heterocycles. The van der Waals surface area contributed by atoms with E-state index >= 15 is 0 Å². The number of hydrogen-bond acceptors (Lipinski definition) is 3. The second-order valence-electron chi connectivity index (χ2n) is 4.61. The van der Waals surface area contributed by atoms with E-state index in [0.717, 1.165) is 5.56 Å². The molecule has 0 radical (unpaired) electrons. The molecule has 2 aromatic carbocycles. The summed E-state index contributed by atoms with van der Waals surface area (Å²) in [6.07, 6.45) is 0. The molecule has 21 heavy (non-hydrogen) atoms. The number of rotatable bonds is 4. The van der Waals surface area contributed by atoms with Crippen LogP contribution in [-0.2, 0) is 4.74 Å². The molecular formula is C16H15ClFNO2. The van der Waals surface area contributed by atoms with Crippen LogP contribution in [-0.4, -0.2) is 13.1 Å². The van der Waals surface area contributed by atoms with Gasteiger partial charge in [-0.05, 0) is 42.8 Å². The Hall–Kier alpha value is -2.07. The van der Waals surface area contributed by atoms with Crippen LogP contribution in [0.1, 0.15) is 28.9 Å². The number of methoxy groups -OCH3 is 1. The lowest BCUT2D eigenvalue weighted by Crippen LogP contribution is -2.08. The summed E-state index contributed by atoms with van der Waals surface area (Å²) in [5, 5.41) is 3.52. The van der Waals surface area contributed by atoms with E-state index in [1.165, 1.54) is 19.2 Å². The Bertz CT molecular complexity index is 660. The van der Waals surface area contributed by atoms with E-state index in [2.05, 4.69) is 10.1 Å². The van der Waals surface area contributed by atoms with Gasteiger partial charge in [-0.15, -0.1) is 0 Å². The summed E-state index contributed by atoms with van der Waals surface area (Å²) in [7, 11) is 1.30. The van der Waals surface area contributed by atoms with E-state index < -0.39 is 5.97 Å². The third-order valence-electron chi connectivity index (χ3n) is 3.10. The van der Waals surface area contributed by atoms with Gasteiger partial charge in [-0.25, -0.2) is 9.18 Å². The SMILES string of the molecule is COC(=O)c1cc(NC(C)c2cccc(F)c2)ccc1Cl. The molecule has 110 valence electrons. The van der Waals surface area contributed by atoms with Crippen LogP contribution < -0.4 is 5.32 Å². The summed E-state index contributed by atoms with van der Waals surface area (Å²) in [5.74, 6) is -0.783. The highest BCUT2D eigenvalue weighted by Crippen LogP contribution is 2.25. The summed E-state index contributed by atoms with van der Waals surface area (Å²) < 4.78 is 17.9. The quantitative estimate of drug-likeness (QED) is 0.849. The summed E-state index contributed by atoms with van der Waals surface area (Å²) in [6.45, 7) is 1.90. The van der Waals surface area contributed by atoms with E-state index in [4.69, 9.17) is 11.6 Å². The van der Waals surface area contributed by atoms with Crippen LogP contribution in [0, 0.1) is 5.82 Å². The monoisotopic (exact) mass is 307 g/mol. The van der Waals surface area contributed by atoms with Gasteiger partial charge in [0.2, 0.25) is 0 Å². The topological polar surface area (TPSA) is 38.3 Å². The first-order chi connectivity index (χ1) is 10.0. The Morgan fingerprint density at radius 2 is 2.05 bits per heavy atom. The molecule has 0 saturated heterocycles. The number of halogens is 2. The van der Waals surface area contributed by atoms with Crippen LogP contribution >= 0.6 is 11.6 Å². The molecular weight excluding hydrogens is 293 g/mol. The first kappa shape index (κ1) is 15.3. The van der Waals surface area contributed by atoms with Crippen molar-refractivity contribution in [3.63, 3.8) is 0 Å². The van der Waals surface area contributed by atoms with Crippen molar-refractivity contribution in [2.24, 2.45) is 0 Å². The van der Waals surface area contributed by atoms with E-state index in [1.807, 2.05) is 13.0 Å². The van der Waals surface area contributed by atoms with Crippen LogP contribution in [0.15, 0.2) is 42.5 Å². The molecule has 1 unspecified atom stereocenters. The Morgan fingerprint density at radius 3 is 2.71 bits per heavy atom. The number of benzene rings is 2. The largest absolute Gasteiger partial charge is 0.465 e. The Balaban J connectivity index is 2.21. The zero-order valence-electron chi connectivity index (χ0n) is 11.7. The van der Waals surface area contributed by atoms with E-state index in [9.17, 15) is 9.18 Å². The van der Waals surface area contributed by atoms with Gasteiger partial charge in [0.1, 0.15) is 5.82 Å². The minimum Gasteiger partial charge on any atom is -0.465 e.